The molecule has 0 N–H and O–H groups in total. The fraction of sp³-hybridized carbons (Fsp3) is 0.167. The Labute approximate surface area is 113 Å². The zero-order valence-electron chi connectivity index (χ0n) is 10.00. The number of halogens is 1. The number of carbonyl (C=O) groups is 1. The molecule has 0 fully saturated rings. The summed E-state index contributed by atoms with van der Waals surface area (Å²) in [5.74, 6) is -0.484. The van der Waals surface area contributed by atoms with Crippen LogP contribution in [0.4, 0.5) is 0 Å². The lowest BCUT2D eigenvalue weighted by molar-refractivity contribution is 0.0518. The number of nitrogens with zero attached hydrogens (tertiary/aromatic N) is 4. The summed E-state index contributed by atoms with van der Waals surface area (Å²) in [5.41, 5.74) is 1.46. The van der Waals surface area contributed by atoms with Crippen molar-refractivity contribution in [1.29, 1.82) is 0 Å². The van der Waals surface area contributed by atoms with Crippen molar-refractivity contribution in [3.8, 4) is 0 Å². The first kappa shape index (κ1) is 11.9. The highest BCUT2D eigenvalue weighted by Gasteiger charge is 2.18. The SMILES string of the molecule is CCOC(=O)c1cnc2c3cnccc3nc(Cl)n12. The molecule has 0 aliphatic carbocycles. The van der Waals surface area contributed by atoms with Gasteiger partial charge < -0.3 is 4.74 Å². The van der Waals surface area contributed by atoms with Gasteiger partial charge in [-0.15, -0.1) is 0 Å². The molecule has 96 valence electrons. The maximum Gasteiger partial charge on any atom is 0.357 e. The third kappa shape index (κ3) is 1.80. The molecule has 0 radical (unpaired) electrons. The van der Waals surface area contributed by atoms with Crippen LogP contribution >= 0.6 is 11.6 Å². The molecule has 0 aromatic carbocycles. The zero-order valence-corrected chi connectivity index (χ0v) is 10.8. The van der Waals surface area contributed by atoms with Gasteiger partial charge in [0.05, 0.1) is 23.7 Å². The van der Waals surface area contributed by atoms with Gasteiger partial charge in [0.1, 0.15) is 0 Å². The summed E-state index contributed by atoms with van der Waals surface area (Å²) in [6.45, 7) is 2.02. The number of carbonyl (C=O) groups excluding carboxylic acids is 1. The number of pyridine rings is 1. The number of esters is 1. The van der Waals surface area contributed by atoms with Gasteiger partial charge in [-0.25, -0.2) is 14.8 Å². The minimum absolute atomic E-state index is 0.161. The van der Waals surface area contributed by atoms with E-state index in [9.17, 15) is 4.79 Å². The largest absolute Gasteiger partial charge is 0.461 e. The van der Waals surface area contributed by atoms with Crippen molar-refractivity contribution >= 4 is 34.1 Å². The topological polar surface area (TPSA) is 69.4 Å². The van der Waals surface area contributed by atoms with E-state index >= 15 is 0 Å². The molecule has 7 heteroatoms. The van der Waals surface area contributed by atoms with Crippen molar-refractivity contribution in [3.63, 3.8) is 0 Å². The molecule has 0 aliphatic rings. The predicted octanol–water partition coefficient (Wildman–Crippen LogP) is 2.11. The third-order valence-electron chi connectivity index (χ3n) is 2.68. The lowest BCUT2D eigenvalue weighted by atomic mass is 10.3. The molecular formula is C12H9ClN4O2. The second kappa shape index (κ2) is 4.47. The van der Waals surface area contributed by atoms with E-state index in [0.29, 0.717) is 11.2 Å². The van der Waals surface area contributed by atoms with Crippen molar-refractivity contribution in [1.82, 2.24) is 19.4 Å². The Balaban J connectivity index is 2.34. The van der Waals surface area contributed by atoms with Crippen LogP contribution in [-0.4, -0.2) is 31.9 Å². The first-order valence-corrected chi connectivity index (χ1v) is 6.04. The second-order valence-corrected chi connectivity index (χ2v) is 4.13. The van der Waals surface area contributed by atoms with E-state index in [2.05, 4.69) is 15.0 Å². The summed E-state index contributed by atoms with van der Waals surface area (Å²) in [7, 11) is 0. The van der Waals surface area contributed by atoms with Crippen molar-refractivity contribution in [2.24, 2.45) is 0 Å². The molecule has 0 atom stereocenters. The van der Waals surface area contributed by atoms with Crippen molar-refractivity contribution in [2.75, 3.05) is 6.61 Å². The third-order valence-corrected chi connectivity index (χ3v) is 2.94. The van der Waals surface area contributed by atoms with Gasteiger partial charge in [-0.1, -0.05) is 0 Å². The second-order valence-electron chi connectivity index (χ2n) is 3.80. The smallest absolute Gasteiger partial charge is 0.357 e. The molecule has 0 unspecified atom stereocenters. The summed E-state index contributed by atoms with van der Waals surface area (Å²) in [6, 6.07) is 1.74. The number of ether oxygens (including phenoxy) is 1. The van der Waals surface area contributed by atoms with Crippen LogP contribution in [0.5, 0.6) is 0 Å². The van der Waals surface area contributed by atoms with E-state index in [1.165, 1.54) is 10.6 Å². The van der Waals surface area contributed by atoms with Crippen LogP contribution in [0, 0.1) is 0 Å². The van der Waals surface area contributed by atoms with Gasteiger partial charge in [0.15, 0.2) is 11.3 Å². The maximum absolute atomic E-state index is 11.8. The molecule has 0 spiro atoms. The number of rotatable bonds is 2. The molecule has 6 nitrogen and oxygen atoms in total. The summed E-state index contributed by atoms with van der Waals surface area (Å²) < 4.78 is 6.42. The Morgan fingerprint density at radius 3 is 3.11 bits per heavy atom. The number of aromatic nitrogens is 4. The van der Waals surface area contributed by atoms with Crippen molar-refractivity contribution < 1.29 is 9.53 Å². The summed E-state index contributed by atoms with van der Waals surface area (Å²) in [4.78, 5) is 24.3. The summed E-state index contributed by atoms with van der Waals surface area (Å²) in [6.07, 6.45) is 4.68. The van der Waals surface area contributed by atoms with E-state index in [-0.39, 0.29) is 17.6 Å². The van der Waals surface area contributed by atoms with E-state index in [4.69, 9.17) is 16.3 Å². The Hall–Kier alpha value is -2.21. The van der Waals surface area contributed by atoms with E-state index in [1.54, 1.807) is 25.4 Å². The van der Waals surface area contributed by atoms with Crippen LogP contribution in [0.3, 0.4) is 0 Å². The molecule has 0 amide bonds. The fourth-order valence-electron chi connectivity index (χ4n) is 1.88. The summed E-state index contributed by atoms with van der Waals surface area (Å²) in [5, 5.41) is 0.886. The Morgan fingerprint density at radius 2 is 2.32 bits per heavy atom. The molecule has 3 aromatic rings. The Kier molecular flexibility index (Phi) is 2.79. The van der Waals surface area contributed by atoms with Crippen LogP contribution in [-0.2, 0) is 4.74 Å². The molecule has 0 saturated carbocycles. The Morgan fingerprint density at radius 1 is 1.47 bits per heavy atom. The maximum atomic E-state index is 11.8. The highest BCUT2D eigenvalue weighted by atomic mass is 35.5. The number of hydrogen-bond donors (Lipinski definition) is 0. The predicted molar refractivity (Wildman–Crippen MR) is 69.3 cm³/mol. The van der Waals surface area contributed by atoms with Gasteiger partial charge in [-0.05, 0) is 24.6 Å². The molecule has 19 heavy (non-hydrogen) atoms. The minimum atomic E-state index is -0.484. The molecular weight excluding hydrogens is 268 g/mol. The first-order chi connectivity index (χ1) is 9.22. The van der Waals surface area contributed by atoms with Gasteiger partial charge in [0.25, 0.3) is 0 Å². The Bertz CT molecular complexity index is 784. The van der Waals surface area contributed by atoms with E-state index in [1.807, 2.05) is 0 Å². The number of fused-ring (bicyclic) bond motifs is 3. The zero-order chi connectivity index (χ0) is 13.4. The van der Waals surface area contributed by atoms with Crippen molar-refractivity contribution in [2.45, 2.75) is 6.92 Å². The molecule has 0 saturated heterocycles. The fourth-order valence-corrected chi connectivity index (χ4v) is 2.15. The first-order valence-electron chi connectivity index (χ1n) is 5.66. The monoisotopic (exact) mass is 276 g/mol. The number of hydrogen-bond acceptors (Lipinski definition) is 5. The van der Waals surface area contributed by atoms with Gasteiger partial charge in [-0.2, -0.15) is 0 Å². The van der Waals surface area contributed by atoms with E-state index in [0.717, 1.165) is 5.39 Å². The van der Waals surface area contributed by atoms with Gasteiger partial charge >= 0.3 is 5.97 Å². The average Bonchev–Trinajstić information content (AvgIpc) is 2.85. The normalized spacial score (nSPS) is 11.1. The van der Waals surface area contributed by atoms with Gasteiger partial charge in [0, 0.05) is 12.4 Å². The summed E-state index contributed by atoms with van der Waals surface area (Å²) >= 11 is 6.11. The molecule has 0 aliphatic heterocycles. The standard InChI is InChI=1S/C12H9ClN4O2/c1-2-19-11(18)9-6-15-10-7-5-14-4-3-8(7)16-12(13)17(9)10/h3-6H,2H2,1H3. The lowest BCUT2D eigenvalue weighted by Gasteiger charge is -2.05. The quantitative estimate of drug-likeness (QED) is 0.530. The van der Waals surface area contributed by atoms with Crippen LogP contribution in [0.1, 0.15) is 17.4 Å². The van der Waals surface area contributed by atoms with Gasteiger partial charge in [-0.3, -0.25) is 9.38 Å². The van der Waals surface area contributed by atoms with E-state index < -0.39 is 5.97 Å². The van der Waals surface area contributed by atoms with Crippen LogP contribution < -0.4 is 0 Å². The molecule has 0 bridgehead atoms. The minimum Gasteiger partial charge on any atom is -0.461 e. The average molecular weight is 277 g/mol. The van der Waals surface area contributed by atoms with Crippen molar-refractivity contribution in [3.05, 3.63) is 35.6 Å². The number of imidazole rings is 1. The van der Waals surface area contributed by atoms with Crippen LogP contribution in [0.15, 0.2) is 24.7 Å². The van der Waals surface area contributed by atoms with Crippen LogP contribution in [0.2, 0.25) is 5.28 Å². The molecule has 3 aromatic heterocycles. The van der Waals surface area contributed by atoms with Crippen LogP contribution in [0.25, 0.3) is 16.6 Å². The molecule has 3 heterocycles. The van der Waals surface area contributed by atoms with Gasteiger partial charge in [0.2, 0.25) is 5.28 Å². The lowest BCUT2D eigenvalue weighted by Crippen LogP contribution is -2.09. The molecule has 3 rings (SSSR count). The highest BCUT2D eigenvalue weighted by molar-refractivity contribution is 6.29. The highest BCUT2D eigenvalue weighted by Crippen LogP contribution is 2.22.